The Hall–Kier alpha value is -2.16. The van der Waals surface area contributed by atoms with Crippen molar-refractivity contribution in [3.8, 4) is 6.01 Å². The molecule has 4 N–H and O–H groups in total. The van der Waals surface area contributed by atoms with Crippen molar-refractivity contribution in [3.63, 3.8) is 0 Å². The first kappa shape index (κ1) is 13.3. The zero-order valence-electron chi connectivity index (χ0n) is 10.9. The van der Waals surface area contributed by atoms with Crippen LogP contribution in [0.2, 0.25) is 0 Å². The third-order valence-corrected chi connectivity index (χ3v) is 2.79. The molecule has 0 spiro atoms. The lowest BCUT2D eigenvalue weighted by atomic mass is 10.3. The second-order valence-electron chi connectivity index (χ2n) is 4.22. The van der Waals surface area contributed by atoms with Gasteiger partial charge in [0.25, 0.3) is 0 Å². The van der Waals surface area contributed by atoms with Crippen LogP contribution < -0.4 is 26.2 Å². The number of aromatic nitrogens is 3. The lowest BCUT2D eigenvalue weighted by Gasteiger charge is -2.17. The van der Waals surface area contributed by atoms with Crippen LogP contribution in [-0.4, -0.2) is 47.1 Å². The van der Waals surface area contributed by atoms with E-state index in [0.29, 0.717) is 12.5 Å². The summed E-state index contributed by atoms with van der Waals surface area (Å²) in [6, 6.07) is 0.301. The van der Waals surface area contributed by atoms with E-state index in [0.717, 1.165) is 13.0 Å². The third-order valence-electron chi connectivity index (χ3n) is 2.79. The van der Waals surface area contributed by atoms with Crippen LogP contribution in [0.5, 0.6) is 6.01 Å². The van der Waals surface area contributed by atoms with Crippen molar-refractivity contribution in [1.29, 1.82) is 0 Å². The van der Waals surface area contributed by atoms with Crippen molar-refractivity contribution >= 4 is 17.8 Å². The van der Waals surface area contributed by atoms with Crippen molar-refractivity contribution < 1.29 is 9.53 Å². The molecule has 1 atom stereocenters. The van der Waals surface area contributed by atoms with Gasteiger partial charge in [-0.1, -0.05) is 0 Å². The summed E-state index contributed by atoms with van der Waals surface area (Å²) in [5.41, 5.74) is 2.37. The molecule has 9 heteroatoms. The Balaban J connectivity index is 2.12. The summed E-state index contributed by atoms with van der Waals surface area (Å²) in [5.74, 6) is 5.98. The number of amides is 1. The van der Waals surface area contributed by atoms with Gasteiger partial charge in [0.15, 0.2) is 0 Å². The number of nitrogens with zero attached hydrogens (tertiary/aromatic N) is 4. The number of rotatable bonds is 4. The van der Waals surface area contributed by atoms with E-state index in [1.54, 1.807) is 0 Å². The summed E-state index contributed by atoms with van der Waals surface area (Å²) in [6.45, 7) is 2.91. The van der Waals surface area contributed by atoms with Gasteiger partial charge in [-0.15, -0.1) is 0 Å². The van der Waals surface area contributed by atoms with Crippen LogP contribution in [0.25, 0.3) is 0 Å². The maximum atomic E-state index is 11.0. The summed E-state index contributed by atoms with van der Waals surface area (Å²) in [4.78, 5) is 25.2. The van der Waals surface area contributed by atoms with Crippen molar-refractivity contribution in [3.05, 3.63) is 0 Å². The summed E-state index contributed by atoms with van der Waals surface area (Å²) in [5, 5.41) is 2.88. The number of nitrogens with two attached hydrogens (primary N) is 1. The van der Waals surface area contributed by atoms with Crippen LogP contribution >= 0.6 is 0 Å². The van der Waals surface area contributed by atoms with E-state index < -0.39 is 0 Å². The van der Waals surface area contributed by atoms with Crippen LogP contribution in [0, 0.1) is 0 Å². The van der Waals surface area contributed by atoms with Crippen molar-refractivity contribution in [2.75, 3.05) is 30.5 Å². The highest BCUT2D eigenvalue weighted by atomic mass is 16.5. The number of nitrogen functional groups attached to an aromatic ring is 1. The second-order valence-corrected chi connectivity index (χ2v) is 4.22. The molecule has 2 heterocycles. The number of ether oxygens (including phenoxy) is 1. The van der Waals surface area contributed by atoms with E-state index in [4.69, 9.17) is 10.6 Å². The van der Waals surface area contributed by atoms with E-state index in [1.807, 2.05) is 4.90 Å². The van der Waals surface area contributed by atoms with Gasteiger partial charge in [-0.25, -0.2) is 5.84 Å². The first-order chi connectivity index (χ1) is 9.12. The first-order valence-corrected chi connectivity index (χ1v) is 5.91. The maximum Gasteiger partial charge on any atom is 0.322 e. The Bertz CT molecular complexity index is 445. The number of carbonyl (C=O) groups is 1. The molecule has 0 aromatic carbocycles. The molecule has 1 aliphatic heterocycles. The lowest BCUT2D eigenvalue weighted by molar-refractivity contribution is -0.119. The third kappa shape index (κ3) is 3.19. The van der Waals surface area contributed by atoms with Crippen molar-refractivity contribution in [2.45, 2.75) is 19.4 Å². The molecule has 19 heavy (non-hydrogen) atoms. The smallest absolute Gasteiger partial charge is 0.322 e. The Morgan fingerprint density at radius 1 is 1.47 bits per heavy atom. The number of carbonyl (C=O) groups excluding carboxylic acids is 1. The van der Waals surface area contributed by atoms with Crippen LogP contribution in [0.3, 0.4) is 0 Å². The standard InChI is InChI=1S/C10H17N7O2/c1-6(18)12-7-3-4-17(5-7)9-13-8(16-11)14-10(15-9)19-2/h7H,3-5,11H2,1-2H3,(H,12,18)(H,13,14,15,16). The highest BCUT2D eigenvalue weighted by Gasteiger charge is 2.25. The minimum atomic E-state index is -0.0376. The first-order valence-electron chi connectivity index (χ1n) is 5.91. The van der Waals surface area contributed by atoms with Gasteiger partial charge >= 0.3 is 6.01 Å². The van der Waals surface area contributed by atoms with Gasteiger partial charge in [0, 0.05) is 26.1 Å². The summed E-state index contributed by atoms with van der Waals surface area (Å²) < 4.78 is 4.99. The minimum absolute atomic E-state index is 0.0376. The molecular weight excluding hydrogens is 250 g/mol. The molecule has 1 saturated heterocycles. The number of hydrogen-bond donors (Lipinski definition) is 3. The minimum Gasteiger partial charge on any atom is -0.467 e. The van der Waals surface area contributed by atoms with Gasteiger partial charge < -0.3 is 15.0 Å². The summed E-state index contributed by atoms with van der Waals surface area (Å²) in [6.07, 6.45) is 0.846. The van der Waals surface area contributed by atoms with Crippen LogP contribution in [-0.2, 0) is 4.79 Å². The Kier molecular flexibility index (Phi) is 3.95. The molecule has 0 saturated carbocycles. The molecule has 2 rings (SSSR count). The highest BCUT2D eigenvalue weighted by Crippen LogP contribution is 2.19. The van der Waals surface area contributed by atoms with Gasteiger partial charge in [-0.05, 0) is 6.42 Å². The average molecular weight is 267 g/mol. The fraction of sp³-hybridized carbons (Fsp3) is 0.600. The zero-order valence-corrected chi connectivity index (χ0v) is 10.9. The van der Waals surface area contributed by atoms with Crippen molar-refractivity contribution in [1.82, 2.24) is 20.3 Å². The van der Waals surface area contributed by atoms with Crippen molar-refractivity contribution in [2.24, 2.45) is 5.84 Å². The van der Waals surface area contributed by atoms with E-state index in [9.17, 15) is 4.79 Å². The lowest BCUT2D eigenvalue weighted by Crippen LogP contribution is -2.36. The molecule has 1 aliphatic rings. The molecule has 9 nitrogen and oxygen atoms in total. The molecular formula is C10H17N7O2. The molecule has 0 bridgehead atoms. The normalized spacial score (nSPS) is 18.3. The number of hydrogen-bond acceptors (Lipinski definition) is 8. The largest absolute Gasteiger partial charge is 0.467 e. The number of methoxy groups -OCH3 is 1. The topological polar surface area (TPSA) is 118 Å². The Labute approximate surface area is 110 Å². The number of nitrogens with one attached hydrogen (secondary N) is 2. The second kappa shape index (κ2) is 5.65. The van der Waals surface area contributed by atoms with Crippen LogP contribution in [0.4, 0.5) is 11.9 Å². The zero-order chi connectivity index (χ0) is 13.8. The van der Waals surface area contributed by atoms with Gasteiger partial charge in [0.2, 0.25) is 17.8 Å². The molecule has 0 radical (unpaired) electrons. The van der Waals surface area contributed by atoms with Gasteiger partial charge in [0.1, 0.15) is 0 Å². The van der Waals surface area contributed by atoms with Gasteiger partial charge in [-0.3, -0.25) is 10.2 Å². The number of hydrazine groups is 1. The number of anilines is 2. The van der Waals surface area contributed by atoms with Crippen LogP contribution in [0.1, 0.15) is 13.3 Å². The van der Waals surface area contributed by atoms with E-state index in [-0.39, 0.29) is 23.9 Å². The maximum absolute atomic E-state index is 11.0. The molecule has 1 fully saturated rings. The molecule has 1 aromatic rings. The molecule has 1 unspecified atom stereocenters. The highest BCUT2D eigenvalue weighted by molar-refractivity contribution is 5.73. The van der Waals surface area contributed by atoms with Gasteiger partial charge in [0.05, 0.1) is 7.11 Å². The van der Waals surface area contributed by atoms with Gasteiger partial charge in [-0.2, -0.15) is 15.0 Å². The van der Waals surface area contributed by atoms with E-state index >= 15 is 0 Å². The monoisotopic (exact) mass is 267 g/mol. The quantitative estimate of drug-likeness (QED) is 0.464. The summed E-state index contributed by atoms with van der Waals surface area (Å²) >= 11 is 0. The fourth-order valence-electron chi connectivity index (χ4n) is 1.99. The van der Waals surface area contributed by atoms with E-state index in [2.05, 4.69) is 25.7 Å². The predicted molar refractivity (Wildman–Crippen MR) is 68.6 cm³/mol. The fourth-order valence-corrected chi connectivity index (χ4v) is 1.99. The SMILES string of the molecule is COc1nc(NN)nc(N2CCC(NC(C)=O)C2)n1. The Morgan fingerprint density at radius 2 is 2.26 bits per heavy atom. The predicted octanol–water partition coefficient (Wildman–Crippen LogP) is -1.12. The Morgan fingerprint density at radius 3 is 2.89 bits per heavy atom. The molecule has 104 valence electrons. The summed E-state index contributed by atoms with van der Waals surface area (Å²) in [7, 11) is 1.48. The van der Waals surface area contributed by atoms with Crippen LogP contribution in [0.15, 0.2) is 0 Å². The molecule has 1 aromatic heterocycles. The molecule has 1 amide bonds. The molecule has 0 aliphatic carbocycles. The van der Waals surface area contributed by atoms with E-state index in [1.165, 1.54) is 14.0 Å². The average Bonchev–Trinajstić information content (AvgIpc) is 2.85.